The molecule has 0 spiro atoms. The van der Waals surface area contributed by atoms with Gasteiger partial charge in [0.1, 0.15) is 12.8 Å². The van der Waals surface area contributed by atoms with E-state index < -0.39 is 17.4 Å². The van der Waals surface area contributed by atoms with Gasteiger partial charge in [-0.25, -0.2) is 4.98 Å². The van der Waals surface area contributed by atoms with Crippen molar-refractivity contribution >= 4 is 11.9 Å². The molecule has 2 bridgehead atoms. The van der Waals surface area contributed by atoms with E-state index in [0.29, 0.717) is 22.8 Å². The Morgan fingerprint density at radius 1 is 1.09 bits per heavy atom. The molecule has 184 valence electrons. The topological polar surface area (TPSA) is 95.4 Å². The number of primary amides is 1. The Labute approximate surface area is 211 Å². The fourth-order valence-corrected chi connectivity index (χ4v) is 6.61. The van der Waals surface area contributed by atoms with Crippen LogP contribution in [0.25, 0.3) is 0 Å². The van der Waals surface area contributed by atoms with Gasteiger partial charge in [0.25, 0.3) is 11.8 Å². The van der Waals surface area contributed by atoms with E-state index in [-0.39, 0.29) is 29.1 Å². The summed E-state index contributed by atoms with van der Waals surface area (Å²) in [6.07, 6.45) is 10.6. The quantitative estimate of drug-likeness (QED) is 0.335. The third kappa shape index (κ3) is 4.42. The fraction of sp³-hybridized carbons (Fsp3) is 0.577. The number of hydrogen-bond acceptors (Lipinski definition) is 5. The zero-order chi connectivity index (χ0) is 22.9. The molecule has 8 heteroatoms. The third-order valence-corrected chi connectivity index (χ3v) is 8.39. The van der Waals surface area contributed by atoms with E-state index in [1.54, 1.807) is 6.20 Å². The first-order valence-electron chi connectivity index (χ1n) is 12.4. The van der Waals surface area contributed by atoms with Crippen LogP contribution in [0.4, 0.5) is 0 Å². The van der Waals surface area contributed by atoms with E-state index >= 15 is 0 Å². The van der Waals surface area contributed by atoms with E-state index in [0.717, 1.165) is 70.0 Å². The third-order valence-electron chi connectivity index (χ3n) is 8.39. The van der Waals surface area contributed by atoms with Crippen LogP contribution in [-0.4, -0.2) is 47.1 Å². The average molecular weight is 532 g/mol. The fourth-order valence-electron chi connectivity index (χ4n) is 6.61. The first kappa shape index (κ1) is 24.9. The summed E-state index contributed by atoms with van der Waals surface area (Å²) >= 11 is 0. The summed E-state index contributed by atoms with van der Waals surface area (Å²) in [5, 5.41) is 0. The van der Waals surface area contributed by atoms with E-state index in [1.807, 2.05) is 18.2 Å². The Balaban J connectivity index is 0.00000274. The Hall–Kier alpha value is -2.19. The molecule has 2 aromatic rings. The Morgan fingerprint density at radius 2 is 1.76 bits per heavy atom. The molecule has 2 N–H and O–H groups in total. The number of quaternary nitrogens is 1. The molecule has 4 heterocycles. The van der Waals surface area contributed by atoms with Crippen molar-refractivity contribution in [1.29, 1.82) is 0 Å². The first-order chi connectivity index (χ1) is 16.0. The highest BCUT2D eigenvalue weighted by atomic mass is 79.9. The van der Waals surface area contributed by atoms with Gasteiger partial charge in [0.15, 0.2) is 6.10 Å². The summed E-state index contributed by atoms with van der Waals surface area (Å²) in [5.41, 5.74) is 6.34. The monoisotopic (exact) mass is 531 g/mol. The van der Waals surface area contributed by atoms with Crippen LogP contribution in [0.5, 0.6) is 0 Å². The molecule has 1 aliphatic carbocycles. The number of carbonyl (C=O) groups is 2. The maximum atomic E-state index is 13.9. The Morgan fingerprint density at radius 3 is 2.35 bits per heavy atom. The summed E-state index contributed by atoms with van der Waals surface area (Å²) in [7, 11) is 0. The number of rotatable bonds is 6. The average Bonchev–Trinajstić information content (AvgIpc) is 3.22. The molecule has 7 nitrogen and oxygen atoms in total. The minimum atomic E-state index is -0.650. The molecule has 4 aliphatic rings. The standard InChI is InChI=1S/C26H33N3O4.BrH/c27-23(30)22(24-28-14-17-32-24)29-15-10-19(11-16-29)21(18-29)33-25(31)26(12-6-1-2-7-13-26)20-8-4-3-5-9-20;/h3-5,8-9,14,17,19,21-22H,1-2,6-7,10-13,15-16,18H2,(H-,27,30);1H/t19?,21-,22?,29?;/m0./s1. The maximum absolute atomic E-state index is 13.9. The van der Waals surface area contributed by atoms with Crippen LogP contribution in [0.1, 0.15) is 68.9 Å². The number of esters is 1. The van der Waals surface area contributed by atoms with Crippen molar-refractivity contribution in [1.82, 2.24) is 4.98 Å². The number of nitrogens with two attached hydrogens (primary N) is 1. The number of ether oxygens (including phenoxy) is 1. The van der Waals surface area contributed by atoms with Gasteiger partial charge in [-0.1, -0.05) is 56.0 Å². The summed E-state index contributed by atoms with van der Waals surface area (Å²) in [4.78, 5) is 30.7. The lowest BCUT2D eigenvalue weighted by atomic mass is 9.74. The van der Waals surface area contributed by atoms with Crippen molar-refractivity contribution in [3.8, 4) is 0 Å². The molecule has 1 aromatic carbocycles. The molecular weight excluding hydrogens is 498 g/mol. The second-order valence-electron chi connectivity index (χ2n) is 10.2. The Kier molecular flexibility index (Phi) is 7.48. The predicted molar refractivity (Wildman–Crippen MR) is 122 cm³/mol. The summed E-state index contributed by atoms with van der Waals surface area (Å²) in [6.45, 7) is 2.22. The smallest absolute Gasteiger partial charge is 0.317 e. The number of amides is 1. The lowest BCUT2D eigenvalue weighted by molar-refractivity contribution is -0.966. The van der Waals surface area contributed by atoms with Crippen molar-refractivity contribution in [3.63, 3.8) is 0 Å². The van der Waals surface area contributed by atoms with Crippen LogP contribution in [-0.2, 0) is 19.7 Å². The zero-order valence-corrected chi connectivity index (χ0v) is 21.1. The van der Waals surface area contributed by atoms with Crippen molar-refractivity contribution in [2.45, 2.75) is 68.9 Å². The minimum absolute atomic E-state index is 0. The normalized spacial score (nSPS) is 28.8. The zero-order valence-electron chi connectivity index (χ0n) is 19.5. The number of piperidine rings is 3. The van der Waals surface area contributed by atoms with E-state index in [4.69, 9.17) is 14.9 Å². The lowest BCUT2D eigenvalue weighted by Gasteiger charge is -2.54. The molecule has 3 aliphatic heterocycles. The summed E-state index contributed by atoms with van der Waals surface area (Å²) in [5.74, 6) is 0.148. The number of benzene rings is 1. The van der Waals surface area contributed by atoms with Gasteiger partial charge in [0, 0.05) is 18.8 Å². The predicted octanol–water partition coefficient (Wildman–Crippen LogP) is 0.649. The molecule has 2 atom stereocenters. The molecule has 1 aromatic heterocycles. The van der Waals surface area contributed by atoms with E-state index in [1.165, 1.54) is 6.26 Å². The van der Waals surface area contributed by atoms with Crippen LogP contribution in [0.3, 0.4) is 0 Å². The van der Waals surface area contributed by atoms with Crippen LogP contribution in [0.15, 0.2) is 47.2 Å². The molecule has 4 fully saturated rings. The number of aromatic nitrogens is 1. The van der Waals surface area contributed by atoms with Crippen molar-refractivity contribution in [3.05, 3.63) is 54.2 Å². The molecule has 34 heavy (non-hydrogen) atoms. The highest BCUT2D eigenvalue weighted by Crippen LogP contribution is 2.44. The number of carbonyl (C=O) groups excluding carboxylic acids is 2. The van der Waals surface area contributed by atoms with Gasteiger partial charge in [-0.2, -0.15) is 0 Å². The maximum Gasteiger partial charge on any atom is 0.317 e. The highest BCUT2D eigenvalue weighted by Gasteiger charge is 2.56. The Bertz CT molecular complexity index is 965. The SMILES string of the molecule is NC(=O)C(c1ncco1)[N+]12CCC(CC1)[C@@H](OC(=O)C1(c3ccccc3)CCCCCC1)C2.[Br-]. The molecule has 1 saturated carbocycles. The number of hydrogen-bond donors (Lipinski definition) is 1. The van der Waals surface area contributed by atoms with Gasteiger partial charge >= 0.3 is 5.97 Å². The molecule has 3 saturated heterocycles. The van der Waals surface area contributed by atoms with Crippen molar-refractivity contribution < 1.29 is 40.2 Å². The molecular formula is C26H34BrN3O4. The number of nitrogens with zero attached hydrogens (tertiary/aromatic N) is 2. The molecule has 6 rings (SSSR count). The summed E-state index contributed by atoms with van der Waals surface area (Å²) < 4.78 is 12.4. The van der Waals surface area contributed by atoms with Gasteiger partial charge in [0.05, 0.1) is 24.7 Å². The van der Waals surface area contributed by atoms with Gasteiger partial charge in [-0.05, 0) is 18.4 Å². The van der Waals surface area contributed by atoms with Gasteiger partial charge < -0.3 is 36.4 Å². The highest BCUT2D eigenvalue weighted by molar-refractivity contribution is 5.83. The van der Waals surface area contributed by atoms with Gasteiger partial charge in [-0.3, -0.25) is 9.59 Å². The summed E-state index contributed by atoms with van der Waals surface area (Å²) in [6, 6.07) is 9.51. The molecule has 1 unspecified atom stereocenters. The van der Waals surface area contributed by atoms with E-state index in [9.17, 15) is 9.59 Å². The van der Waals surface area contributed by atoms with Crippen LogP contribution in [0, 0.1) is 5.92 Å². The lowest BCUT2D eigenvalue weighted by Crippen LogP contribution is -3.00. The first-order valence-corrected chi connectivity index (χ1v) is 12.4. The van der Waals surface area contributed by atoms with Crippen LogP contribution in [0.2, 0.25) is 0 Å². The van der Waals surface area contributed by atoms with Crippen molar-refractivity contribution in [2.24, 2.45) is 11.7 Å². The number of fused-ring (bicyclic) bond motifs is 3. The van der Waals surface area contributed by atoms with Crippen molar-refractivity contribution in [2.75, 3.05) is 19.6 Å². The van der Waals surface area contributed by atoms with Gasteiger partial charge in [-0.15, -0.1) is 0 Å². The van der Waals surface area contributed by atoms with Gasteiger partial charge in [0.2, 0.25) is 6.04 Å². The largest absolute Gasteiger partial charge is 1.00 e. The second-order valence-corrected chi connectivity index (χ2v) is 10.2. The second kappa shape index (κ2) is 10.2. The molecule has 0 radical (unpaired) electrons. The minimum Gasteiger partial charge on any atom is -1.00 e. The van der Waals surface area contributed by atoms with E-state index in [2.05, 4.69) is 17.1 Å². The number of halogens is 1. The van der Waals surface area contributed by atoms with Crippen LogP contribution >= 0.6 is 0 Å². The molecule has 1 amide bonds. The van der Waals surface area contributed by atoms with Crippen LogP contribution < -0.4 is 22.7 Å². The number of oxazole rings is 1.